The third-order valence-electron chi connectivity index (χ3n) is 3.01. The topological polar surface area (TPSA) is 70.1 Å². The van der Waals surface area contributed by atoms with Crippen molar-refractivity contribution in [1.29, 1.82) is 0 Å². The number of anilines is 2. The molecule has 0 saturated heterocycles. The largest absolute Gasteiger partial charge is 0.396 e. The van der Waals surface area contributed by atoms with E-state index in [4.69, 9.17) is 5.11 Å². The summed E-state index contributed by atoms with van der Waals surface area (Å²) in [4.78, 5) is 8.89. The highest BCUT2D eigenvalue weighted by Gasteiger charge is 2.09. The van der Waals surface area contributed by atoms with Crippen LogP contribution in [0.25, 0.3) is 10.9 Å². The fourth-order valence-corrected chi connectivity index (χ4v) is 2.00. The van der Waals surface area contributed by atoms with Crippen LogP contribution in [-0.4, -0.2) is 34.8 Å². The average molecular weight is 260 g/mol. The number of aliphatic hydroxyl groups excluding tert-OH is 1. The Morgan fingerprint density at radius 3 is 2.79 bits per heavy atom. The maximum atomic E-state index is 8.87. The molecule has 5 nitrogen and oxygen atoms in total. The number of aliphatic hydroxyl groups is 1. The summed E-state index contributed by atoms with van der Waals surface area (Å²) in [6, 6.07) is 8.19. The summed E-state index contributed by atoms with van der Waals surface area (Å²) in [5, 5.41) is 16.2. The highest BCUT2D eigenvalue weighted by molar-refractivity contribution is 5.90. The number of fused-ring (bicyclic) bond motifs is 1. The molecule has 102 valence electrons. The lowest BCUT2D eigenvalue weighted by molar-refractivity contribution is 0.282. The van der Waals surface area contributed by atoms with Gasteiger partial charge in [-0.2, -0.15) is 4.98 Å². The van der Waals surface area contributed by atoms with Crippen molar-refractivity contribution in [2.45, 2.75) is 25.8 Å². The Bertz CT molecular complexity index is 544. The first kappa shape index (κ1) is 13.5. The summed E-state index contributed by atoms with van der Waals surface area (Å²) in [5.74, 6) is 1.44. The molecule has 0 aliphatic heterocycles. The molecule has 0 bridgehead atoms. The number of nitrogens with one attached hydrogen (secondary N) is 2. The van der Waals surface area contributed by atoms with E-state index in [-0.39, 0.29) is 12.6 Å². The lowest BCUT2D eigenvalue weighted by atomic mass is 10.1. The molecule has 1 atom stereocenters. The average Bonchev–Trinajstić information content (AvgIpc) is 2.44. The van der Waals surface area contributed by atoms with E-state index in [1.54, 1.807) is 0 Å². The normalized spacial score (nSPS) is 12.4. The van der Waals surface area contributed by atoms with Crippen LogP contribution in [0.3, 0.4) is 0 Å². The zero-order valence-electron chi connectivity index (χ0n) is 11.3. The molecule has 1 unspecified atom stereocenters. The van der Waals surface area contributed by atoms with E-state index in [1.165, 1.54) is 0 Å². The molecule has 0 amide bonds. The van der Waals surface area contributed by atoms with Gasteiger partial charge in [-0.1, -0.05) is 12.1 Å². The number of rotatable bonds is 6. The number of hydrogen-bond acceptors (Lipinski definition) is 5. The highest BCUT2D eigenvalue weighted by atomic mass is 16.2. The van der Waals surface area contributed by atoms with E-state index >= 15 is 0 Å². The highest BCUT2D eigenvalue weighted by Crippen LogP contribution is 2.22. The molecule has 0 radical (unpaired) electrons. The second kappa shape index (κ2) is 6.33. The van der Waals surface area contributed by atoms with Crippen molar-refractivity contribution in [3.05, 3.63) is 24.3 Å². The van der Waals surface area contributed by atoms with Gasteiger partial charge in [0, 0.05) is 25.1 Å². The minimum atomic E-state index is 0.221. The first-order valence-electron chi connectivity index (χ1n) is 6.56. The summed E-state index contributed by atoms with van der Waals surface area (Å²) in [6.45, 7) is 2.31. The Morgan fingerprint density at radius 2 is 2.05 bits per heavy atom. The molecular weight excluding hydrogens is 240 g/mol. The first-order valence-corrected chi connectivity index (χ1v) is 6.56. The lowest BCUT2D eigenvalue weighted by Crippen LogP contribution is -2.17. The van der Waals surface area contributed by atoms with Crippen LogP contribution in [0, 0.1) is 0 Å². The van der Waals surface area contributed by atoms with E-state index in [9.17, 15) is 0 Å². The van der Waals surface area contributed by atoms with Gasteiger partial charge in [0.25, 0.3) is 0 Å². The Labute approximate surface area is 113 Å². The van der Waals surface area contributed by atoms with Gasteiger partial charge < -0.3 is 15.7 Å². The molecule has 5 heteroatoms. The maximum absolute atomic E-state index is 8.87. The molecule has 0 aliphatic carbocycles. The van der Waals surface area contributed by atoms with Crippen LogP contribution in [0.2, 0.25) is 0 Å². The SMILES string of the molecule is CNc1nc(NC(C)CCCO)c2ccccc2n1. The number of benzene rings is 1. The van der Waals surface area contributed by atoms with Crippen molar-refractivity contribution in [3.8, 4) is 0 Å². The summed E-state index contributed by atoms with van der Waals surface area (Å²) in [5.41, 5.74) is 0.915. The number of hydrogen-bond donors (Lipinski definition) is 3. The quantitative estimate of drug-likeness (QED) is 0.743. The van der Waals surface area contributed by atoms with Crippen LogP contribution in [-0.2, 0) is 0 Å². The van der Waals surface area contributed by atoms with Crippen molar-refractivity contribution < 1.29 is 5.11 Å². The number of aromatic nitrogens is 2. The molecule has 0 spiro atoms. The fourth-order valence-electron chi connectivity index (χ4n) is 2.00. The predicted octanol–water partition coefficient (Wildman–Crippen LogP) is 2.24. The molecular formula is C14H20N4O. The minimum Gasteiger partial charge on any atom is -0.396 e. The Kier molecular flexibility index (Phi) is 4.52. The summed E-state index contributed by atoms with van der Waals surface area (Å²) in [7, 11) is 1.81. The van der Waals surface area contributed by atoms with Gasteiger partial charge in [0.05, 0.1) is 5.52 Å². The van der Waals surface area contributed by atoms with E-state index in [2.05, 4.69) is 27.5 Å². The fraction of sp³-hybridized carbons (Fsp3) is 0.429. The van der Waals surface area contributed by atoms with Gasteiger partial charge in [-0.25, -0.2) is 4.98 Å². The molecule has 3 N–H and O–H groups in total. The molecule has 19 heavy (non-hydrogen) atoms. The van der Waals surface area contributed by atoms with Gasteiger partial charge in [0.15, 0.2) is 0 Å². The lowest BCUT2D eigenvalue weighted by Gasteiger charge is -2.16. The van der Waals surface area contributed by atoms with Gasteiger partial charge in [-0.05, 0) is 31.9 Å². The smallest absolute Gasteiger partial charge is 0.224 e. The molecule has 0 aliphatic rings. The van der Waals surface area contributed by atoms with Gasteiger partial charge in [-0.15, -0.1) is 0 Å². The Hall–Kier alpha value is -1.88. The number of nitrogens with zero attached hydrogens (tertiary/aromatic N) is 2. The van der Waals surface area contributed by atoms with Crippen LogP contribution in [0.1, 0.15) is 19.8 Å². The monoisotopic (exact) mass is 260 g/mol. The molecule has 0 fully saturated rings. The van der Waals surface area contributed by atoms with Crippen LogP contribution in [0.15, 0.2) is 24.3 Å². The Morgan fingerprint density at radius 1 is 1.26 bits per heavy atom. The zero-order chi connectivity index (χ0) is 13.7. The van der Waals surface area contributed by atoms with Crippen molar-refractivity contribution in [1.82, 2.24) is 9.97 Å². The minimum absolute atomic E-state index is 0.221. The maximum Gasteiger partial charge on any atom is 0.224 e. The van der Waals surface area contributed by atoms with Gasteiger partial charge in [-0.3, -0.25) is 0 Å². The van der Waals surface area contributed by atoms with Crippen LogP contribution >= 0.6 is 0 Å². The molecule has 2 rings (SSSR count). The van der Waals surface area contributed by atoms with E-state index < -0.39 is 0 Å². The van der Waals surface area contributed by atoms with E-state index in [1.807, 2.05) is 31.3 Å². The second-order valence-electron chi connectivity index (χ2n) is 4.57. The van der Waals surface area contributed by atoms with Crippen LogP contribution in [0.5, 0.6) is 0 Å². The van der Waals surface area contributed by atoms with Crippen LogP contribution in [0.4, 0.5) is 11.8 Å². The molecule has 2 aromatic rings. The van der Waals surface area contributed by atoms with Crippen molar-refractivity contribution in [2.75, 3.05) is 24.3 Å². The summed E-state index contributed by atoms with van der Waals surface area (Å²) in [6.07, 6.45) is 1.69. The molecule has 1 aromatic heterocycles. The first-order chi connectivity index (χ1) is 9.24. The second-order valence-corrected chi connectivity index (χ2v) is 4.57. The van der Waals surface area contributed by atoms with Gasteiger partial charge in [0.1, 0.15) is 5.82 Å². The zero-order valence-corrected chi connectivity index (χ0v) is 11.3. The van der Waals surface area contributed by atoms with Crippen molar-refractivity contribution in [2.24, 2.45) is 0 Å². The van der Waals surface area contributed by atoms with Crippen LogP contribution < -0.4 is 10.6 Å². The van der Waals surface area contributed by atoms with Gasteiger partial charge >= 0.3 is 0 Å². The Balaban J connectivity index is 2.29. The van der Waals surface area contributed by atoms with E-state index in [0.29, 0.717) is 5.95 Å². The third-order valence-corrected chi connectivity index (χ3v) is 3.01. The third kappa shape index (κ3) is 3.32. The van der Waals surface area contributed by atoms with Crippen molar-refractivity contribution in [3.63, 3.8) is 0 Å². The summed E-state index contributed by atoms with van der Waals surface area (Å²) >= 11 is 0. The molecule has 0 saturated carbocycles. The number of para-hydroxylation sites is 1. The predicted molar refractivity (Wildman–Crippen MR) is 78.5 cm³/mol. The molecule has 1 aromatic carbocycles. The standard InChI is InChI=1S/C14H20N4O/c1-10(6-5-9-19)16-13-11-7-3-4-8-12(11)17-14(15-2)18-13/h3-4,7-8,10,19H,5-6,9H2,1-2H3,(H2,15,16,17,18). The molecule has 1 heterocycles. The van der Waals surface area contributed by atoms with Crippen molar-refractivity contribution >= 4 is 22.7 Å². The summed E-state index contributed by atoms with van der Waals surface area (Å²) < 4.78 is 0. The van der Waals surface area contributed by atoms with E-state index in [0.717, 1.165) is 29.6 Å². The van der Waals surface area contributed by atoms with Gasteiger partial charge in [0.2, 0.25) is 5.95 Å².